The molecule has 1 aliphatic rings. The summed E-state index contributed by atoms with van der Waals surface area (Å²) in [7, 11) is 5.32. The number of carbonyl (C=O) groups is 1. The number of ether oxygens (including phenoxy) is 2. The van der Waals surface area contributed by atoms with Gasteiger partial charge in [0.25, 0.3) is 5.91 Å². The van der Waals surface area contributed by atoms with E-state index in [2.05, 4.69) is 22.8 Å². The third-order valence-electron chi connectivity index (χ3n) is 6.70. The lowest BCUT2D eigenvalue weighted by molar-refractivity contribution is 0.0708. The third-order valence-corrected chi connectivity index (χ3v) is 6.70. The number of nitrogens with zero attached hydrogens (tertiary/aromatic N) is 4. The zero-order valence-electron chi connectivity index (χ0n) is 20.0. The number of fused-ring (bicyclic) bond motifs is 2. The summed E-state index contributed by atoms with van der Waals surface area (Å²) in [6.45, 7) is 2.60. The van der Waals surface area contributed by atoms with Gasteiger partial charge >= 0.3 is 0 Å². The number of aryl methyl sites for hydroxylation is 1. The molecule has 1 saturated heterocycles. The average Bonchev–Trinajstić information content (AvgIpc) is 3.38. The van der Waals surface area contributed by atoms with E-state index in [0.717, 1.165) is 52.8 Å². The van der Waals surface area contributed by atoms with Gasteiger partial charge in [-0.25, -0.2) is 4.98 Å². The highest BCUT2D eigenvalue weighted by Crippen LogP contribution is 2.34. The van der Waals surface area contributed by atoms with Gasteiger partial charge in [0.15, 0.2) is 5.82 Å². The Morgan fingerprint density at radius 2 is 2.03 bits per heavy atom. The summed E-state index contributed by atoms with van der Waals surface area (Å²) in [5, 5.41) is 1.14. The summed E-state index contributed by atoms with van der Waals surface area (Å²) in [4.78, 5) is 20.1. The molecule has 178 valence electrons. The van der Waals surface area contributed by atoms with Gasteiger partial charge in [0.1, 0.15) is 11.3 Å². The molecule has 0 radical (unpaired) electrons. The van der Waals surface area contributed by atoms with Crippen LogP contribution in [-0.4, -0.2) is 64.9 Å². The van der Waals surface area contributed by atoms with Crippen LogP contribution in [0, 0.1) is 0 Å². The van der Waals surface area contributed by atoms with Gasteiger partial charge in [-0.3, -0.25) is 4.79 Å². The maximum atomic E-state index is 13.3. The van der Waals surface area contributed by atoms with Gasteiger partial charge < -0.3 is 29.2 Å². The molecule has 8 heteroatoms. The van der Waals surface area contributed by atoms with Crippen molar-refractivity contribution in [2.45, 2.75) is 25.4 Å². The van der Waals surface area contributed by atoms with Crippen molar-refractivity contribution in [1.29, 1.82) is 0 Å². The molecule has 8 nitrogen and oxygen atoms in total. The lowest BCUT2D eigenvalue weighted by atomic mass is 10.0. The minimum atomic E-state index is -0.0308. The van der Waals surface area contributed by atoms with Crippen molar-refractivity contribution in [3.05, 3.63) is 48.0 Å². The Hall–Kier alpha value is -3.36. The molecule has 2 N–H and O–H groups in total. The average molecular weight is 462 g/mol. The predicted octanol–water partition coefficient (Wildman–Crippen LogP) is 3.41. The lowest BCUT2D eigenvalue weighted by Gasteiger charge is -2.30. The molecular weight excluding hydrogens is 430 g/mol. The second-order valence-electron chi connectivity index (χ2n) is 8.93. The van der Waals surface area contributed by atoms with E-state index in [1.165, 1.54) is 0 Å². The highest BCUT2D eigenvalue weighted by Gasteiger charge is 2.25. The highest BCUT2D eigenvalue weighted by molar-refractivity contribution is 6.00. The topological polar surface area (TPSA) is 87.5 Å². The van der Waals surface area contributed by atoms with E-state index in [4.69, 9.17) is 20.2 Å². The molecule has 1 atom stereocenters. The number of imidazole rings is 1. The molecule has 1 amide bonds. The van der Waals surface area contributed by atoms with Crippen molar-refractivity contribution in [1.82, 2.24) is 19.0 Å². The first-order chi connectivity index (χ1) is 16.5. The number of rotatable bonds is 6. The predicted molar refractivity (Wildman–Crippen MR) is 133 cm³/mol. The molecule has 0 aliphatic carbocycles. The third kappa shape index (κ3) is 3.82. The SMILES string of the molecule is COCCn1c(-c2nc3cc(C(=O)N4CCC[C@@H](N)C4)cc(OC)c3n2C)cc2ccccc21. The zero-order valence-corrected chi connectivity index (χ0v) is 20.0. The van der Waals surface area contributed by atoms with Crippen LogP contribution in [0.5, 0.6) is 5.75 Å². The summed E-state index contributed by atoms with van der Waals surface area (Å²) in [6, 6.07) is 14.2. The van der Waals surface area contributed by atoms with E-state index in [1.807, 2.05) is 40.8 Å². The van der Waals surface area contributed by atoms with Crippen molar-refractivity contribution >= 4 is 27.8 Å². The molecule has 2 aromatic carbocycles. The van der Waals surface area contributed by atoms with Crippen LogP contribution >= 0.6 is 0 Å². The van der Waals surface area contributed by atoms with Crippen LogP contribution in [0.2, 0.25) is 0 Å². The van der Waals surface area contributed by atoms with Crippen LogP contribution in [0.3, 0.4) is 0 Å². The van der Waals surface area contributed by atoms with Gasteiger partial charge in [0.2, 0.25) is 0 Å². The monoisotopic (exact) mass is 461 g/mol. The first-order valence-corrected chi connectivity index (χ1v) is 11.7. The standard InChI is InChI=1S/C26H31N5O3/c1-29-24-20(13-18(15-23(24)34-3)26(32)30-10-6-8-19(27)16-30)28-25(29)22-14-17-7-4-5-9-21(17)31(22)11-12-33-2/h4-5,7,9,13-15,19H,6,8,10-12,16,27H2,1-3H3/t19-/m1/s1. The van der Waals surface area contributed by atoms with E-state index in [9.17, 15) is 4.79 Å². The first-order valence-electron chi connectivity index (χ1n) is 11.7. The van der Waals surface area contributed by atoms with Crippen LogP contribution in [-0.2, 0) is 18.3 Å². The highest BCUT2D eigenvalue weighted by atomic mass is 16.5. The number of aromatic nitrogens is 3. The first kappa shape index (κ1) is 22.4. The molecule has 1 aliphatic heterocycles. The van der Waals surface area contributed by atoms with Gasteiger partial charge in [-0.15, -0.1) is 0 Å². The Kier molecular flexibility index (Phi) is 6.02. The molecule has 0 spiro atoms. The van der Waals surface area contributed by atoms with Gasteiger partial charge in [-0.1, -0.05) is 18.2 Å². The Balaban J connectivity index is 1.63. The molecule has 34 heavy (non-hydrogen) atoms. The van der Waals surface area contributed by atoms with Crippen molar-refractivity contribution in [3.8, 4) is 17.3 Å². The van der Waals surface area contributed by atoms with Crippen molar-refractivity contribution in [3.63, 3.8) is 0 Å². The van der Waals surface area contributed by atoms with Crippen LogP contribution < -0.4 is 10.5 Å². The zero-order chi connectivity index (χ0) is 23.8. The van der Waals surface area contributed by atoms with Gasteiger partial charge in [0.05, 0.1) is 24.9 Å². The van der Waals surface area contributed by atoms with Gasteiger partial charge in [-0.05, 0) is 37.1 Å². The number of hydrogen-bond acceptors (Lipinski definition) is 5. The van der Waals surface area contributed by atoms with E-state index in [1.54, 1.807) is 14.2 Å². The maximum Gasteiger partial charge on any atom is 0.254 e. The summed E-state index contributed by atoms with van der Waals surface area (Å²) < 4.78 is 15.4. The van der Waals surface area contributed by atoms with Gasteiger partial charge in [-0.2, -0.15) is 0 Å². The molecule has 0 unspecified atom stereocenters. The summed E-state index contributed by atoms with van der Waals surface area (Å²) in [5.74, 6) is 1.41. The number of hydrogen-bond donors (Lipinski definition) is 1. The molecule has 5 rings (SSSR count). The van der Waals surface area contributed by atoms with Crippen LogP contribution in [0.15, 0.2) is 42.5 Å². The second-order valence-corrected chi connectivity index (χ2v) is 8.93. The fourth-order valence-corrected chi connectivity index (χ4v) is 5.01. The number of amides is 1. The molecule has 0 bridgehead atoms. The fraction of sp³-hybridized carbons (Fsp3) is 0.385. The second kappa shape index (κ2) is 9.12. The fourth-order valence-electron chi connectivity index (χ4n) is 5.01. The van der Waals surface area contributed by atoms with E-state index in [0.29, 0.717) is 31.0 Å². The minimum absolute atomic E-state index is 0.0267. The lowest BCUT2D eigenvalue weighted by Crippen LogP contribution is -2.45. The summed E-state index contributed by atoms with van der Waals surface area (Å²) in [5.41, 5.74) is 10.4. The maximum absolute atomic E-state index is 13.3. The van der Waals surface area contributed by atoms with Crippen LogP contribution in [0.1, 0.15) is 23.2 Å². The normalized spacial score (nSPS) is 16.5. The van der Waals surface area contributed by atoms with Crippen molar-refractivity contribution in [2.24, 2.45) is 12.8 Å². The van der Waals surface area contributed by atoms with Crippen LogP contribution in [0.25, 0.3) is 33.5 Å². The van der Waals surface area contributed by atoms with Crippen LogP contribution in [0.4, 0.5) is 0 Å². The van der Waals surface area contributed by atoms with Crippen molar-refractivity contribution in [2.75, 3.05) is 33.9 Å². The number of carbonyl (C=O) groups excluding carboxylic acids is 1. The molecule has 2 aromatic heterocycles. The Labute approximate surface area is 198 Å². The molecule has 3 heterocycles. The largest absolute Gasteiger partial charge is 0.494 e. The molecule has 1 fully saturated rings. The number of piperidine rings is 1. The molecule has 4 aromatic rings. The Morgan fingerprint density at radius 1 is 1.21 bits per heavy atom. The van der Waals surface area contributed by atoms with E-state index >= 15 is 0 Å². The number of methoxy groups -OCH3 is 2. The van der Waals surface area contributed by atoms with E-state index < -0.39 is 0 Å². The smallest absolute Gasteiger partial charge is 0.254 e. The molecule has 0 saturated carbocycles. The van der Waals surface area contributed by atoms with Gasteiger partial charge in [0, 0.05) is 56.3 Å². The number of likely N-dealkylation sites (tertiary alicyclic amines) is 1. The number of benzene rings is 2. The molecular formula is C26H31N5O3. The Bertz CT molecular complexity index is 1360. The minimum Gasteiger partial charge on any atom is -0.494 e. The number of nitrogens with two attached hydrogens (primary N) is 1. The van der Waals surface area contributed by atoms with E-state index in [-0.39, 0.29) is 11.9 Å². The number of para-hydroxylation sites is 1. The summed E-state index contributed by atoms with van der Waals surface area (Å²) in [6.07, 6.45) is 1.87. The quantitative estimate of drug-likeness (QED) is 0.475. The summed E-state index contributed by atoms with van der Waals surface area (Å²) >= 11 is 0. The van der Waals surface area contributed by atoms with Crippen molar-refractivity contribution < 1.29 is 14.3 Å². The Morgan fingerprint density at radius 3 is 2.79 bits per heavy atom.